The van der Waals surface area contributed by atoms with Crippen molar-refractivity contribution >= 4 is 0 Å². The van der Waals surface area contributed by atoms with Crippen molar-refractivity contribution in [1.82, 2.24) is 4.90 Å². The maximum atomic E-state index is 14.1. The molecule has 170 valence electrons. The number of hydrogen-bond donors (Lipinski definition) is 1. The summed E-state index contributed by atoms with van der Waals surface area (Å²) in [5, 5.41) is 11.8. The highest BCUT2D eigenvalue weighted by Crippen LogP contribution is 2.39. The highest BCUT2D eigenvalue weighted by atomic mass is 19.1. The van der Waals surface area contributed by atoms with E-state index >= 15 is 0 Å². The molecule has 4 nitrogen and oxygen atoms in total. The topological polar surface area (TPSA) is 49.8 Å². The van der Waals surface area contributed by atoms with E-state index in [4.69, 9.17) is 8.83 Å². The summed E-state index contributed by atoms with van der Waals surface area (Å²) in [5.74, 6) is 1.63. The van der Waals surface area contributed by atoms with Crippen LogP contribution in [0.15, 0.2) is 81.6 Å². The minimum atomic E-state index is -1.84. The minimum Gasteiger partial charge on any atom is -0.465 e. The Hall–Kier alpha value is -3.22. The molecule has 0 bridgehead atoms. The maximum absolute atomic E-state index is 14.1. The van der Waals surface area contributed by atoms with Crippen LogP contribution in [0.1, 0.15) is 47.0 Å². The molecule has 1 aliphatic rings. The van der Waals surface area contributed by atoms with Gasteiger partial charge in [0.15, 0.2) is 5.60 Å². The Bertz CT molecular complexity index is 1210. The Morgan fingerprint density at radius 2 is 1.42 bits per heavy atom. The van der Waals surface area contributed by atoms with Crippen molar-refractivity contribution in [3.8, 4) is 0 Å². The largest absolute Gasteiger partial charge is 0.465 e. The van der Waals surface area contributed by atoms with Crippen molar-refractivity contribution < 1.29 is 22.7 Å². The second-order valence-corrected chi connectivity index (χ2v) is 8.65. The minimum absolute atomic E-state index is 0.207. The SMILES string of the molecule is Cc1ccc(CN(Cc2ccc(C(O)(c3cccc(F)c3)c3cccc(F)c3)o2)C2CC2)o1. The molecule has 1 saturated carbocycles. The first-order valence-electron chi connectivity index (χ1n) is 11.0. The van der Waals surface area contributed by atoms with Gasteiger partial charge in [0.05, 0.1) is 13.1 Å². The lowest BCUT2D eigenvalue weighted by molar-refractivity contribution is 0.0940. The molecule has 2 aromatic heterocycles. The predicted molar refractivity (Wildman–Crippen MR) is 119 cm³/mol. The van der Waals surface area contributed by atoms with Crippen LogP contribution >= 0.6 is 0 Å². The molecular formula is C27H25F2NO3. The molecular weight excluding hydrogens is 424 g/mol. The molecule has 0 spiro atoms. The molecule has 6 heteroatoms. The number of rotatable bonds is 8. The van der Waals surface area contributed by atoms with E-state index in [9.17, 15) is 13.9 Å². The summed E-state index contributed by atoms with van der Waals surface area (Å²) in [6.07, 6.45) is 2.23. The third-order valence-electron chi connectivity index (χ3n) is 6.08. The Kier molecular flexibility index (Phi) is 5.64. The number of nitrogens with zero attached hydrogens (tertiary/aromatic N) is 1. The summed E-state index contributed by atoms with van der Waals surface area (Å²) in [6, 6.07) is 19.2. The Balaban J connectivity index is 1.48. The number of aryl methyl sites for hydroxylation is 1. The fourth-order valence-corrected chi connectivity index (χ4v) is 4.26. The van der Waals surface area contributed by atoms with E-state index in [1.54, 1.807) is 18.2 Å². The van der Waals surface area contributed by atoms with Crippen LogP contribution < -0.4 is 0 Å². The van der Waals surface area contributed by atoms with Gasteiger partial charge in [-0.15, -0.1) is 0 Å². The third kappa shape index (κ3) is 4.49. The Morgan fingerprint density at radius 1 is 0.848 bits per heavy atom. The van der Waals surface area contributed by atoms with Gasteiger partial charge < -0.3 is 13.9 Å². The first-order chi connectivity index (χ1) is 15.9. The van der Waals surface area contributed by atoms with E-state index in [0.717, 1.165) is 24.4 Å². The maximum Gasteiger partial charge on any atom is 0.173 e. The Labute approximate surface area is 191 Å². The quantitative estimate of drug-likeness (QED) is 0.363. The van der Waals surface area contributed by atoms with E-state index < -0.39 is 17.2 Å². The average Bonchev–Trinajstić information content (AvgIpc) is 3.41. The average molecular weight is 449 g/mol. The number of halogens is 2. The number of aliphatic hydroxyl groups is 1. The van der Waals surface area contributed by atoms with Gasteiger partial charge >= 0.3 is 0 Å². The fourth-order valence-electron chi connectivity index (χ4n) is 4.26. The van der Waals surface area contributed by atoms with Crippen molar-refractivity contribution in [2.75, 3.05) is 0 Å². The summed E-state index contributed by atoms with van der Waals surface area (Å²) < 4.78 is 40.0. The van der Waals surface area contributed by atoms with Crippen LogP contribution in [0.2, 0.25) is 0 Å². The molecule has 1 fully saturated rings. The van der Waals surface area contributed by atoms with Crippen LogP contribution in [0.25, 0.3) is 0 Å². The zero-order chi connectivity index (χ0) is 23.0. The predicted octanol–water partition coefficient (Wildman–Crippen LogP) is 5.91. The molecule has 33 heavy (non-hydrogen) atoms. The molecule has 1 N–H and O–H groups in total. The summed E-state index contributed by atoms with van der Waals surface area (Å²) >= 11 is 0. The van der Waals surface area contributed by atoms with E-state index in [-0.39, 0.29) is 16.9 Å². The van der Waals surface area contributed by atoms with Crippen molar-refractivity contribution in [1.29, 1.82) is 0 Å². The van der Waals surface area contributed by atoms with Gasteiger partial charge in [-0.3, -0.25) is 4.90 Å². The highest BCUT2D eigenvalue weighted by molar-refractivity contribution is 5.44. The molecule has 1 aliphatic carbocycles. The van der Waals surface area contributed by atoms with Crippen LogP contribution in [0, 0.1) is 18.6 Å². The lowest BCUT2D eigenvalue weighted by Crippen LogP contribution is -2.29. The molecule has 2 heterocycles. The van der Waals surface area contributed by atoms with Crippen molar-refractivity contribution in [3.05, 3.63) is 119 Å². The van der Waals surface area contributed by atoms with Crippen molar-refractivity contribution in [2.24, 2.45) is 0 Å². The summed E-state index contributed by atoms with van der Waals surface area (Å²) in [4.78, 5) is 2.28. The number of furan rings is 2. The van der Waals surface area contributed by atoms with Crippen molar-refractivity contribution in [3.63, 3.8) is 0 Å². The van der Waals surface area contributed by atoms with Crippen molar-refractivity contribution in [2.45, 2.75) is 44.5 Å². The first-order valence-corrected chi connectivity index (χ1v) is 11.0. The van der Waals surface area contributed by atoms with Gasteiger partial charge in [0.25, 0.3) is 0 Å². The standard InChI is InChI=1S/C27H25F2NO3/c1-18-8-11-24(32-18)16-30(23-9-10-23)17-25-12-13-26(33-25)27(31,19-4-2-6-21(28)14-19)20-5-3-7-22(29)15-20/h2-8,11-15,23,31H,9-10,16-17H2,1H3. The van der Waals surface area contributed by atoms with Crippen LogP contribution in [-0.4, -0.2) is 16.0 Å². The van der Waals surface area contributed by atoms with Gasteiger partial charge in [0.1, 0.15) is 34.7 Å². The molecule has 2 aromatic carbocycles. The van der Waals surface area contributed by atoms with Gasteiger partial charge in [-0.2, -0.15) is 0 Å². The lowest BCUT2D eigenvalue weighted by atomic mass is 9.84. The molecule has 0 aliphatic heterocycles. The smallest absolute Gasteiger partial charge is 0.173 e. The zero-order valence-corrected chi connectivity index (χ0v) is 18.3. The van der Waals surface area contributed by atoms with Crippen LogP contribution in [0.4, 0.5) is 8.78 Å². The van der Waals surface area contributed by atoms with Crippen LogP contribution in [0.3, 0.4) is 0 Å². The van der Waals surface area contributed by atoms with E-state index in [1.807, 2.05) is 25.1 Å². The number of hydrogen-bond acceptors (Lipinski definition) is 4. The lowest BCUT2D eigenvalue weighted by Gasteiger charge is -2.27. The number of benzene rings is 2. The van der Waals surface area contributed by atoms with Crippen LogP contribution in [0.5, 0.6) is 0 Å². The second kappa shape index (κ2) is 8.61. The Morgan fingerprint density at radius 3 is 1.94 bits per heavy atom. The van der Waals surface area contributed by atoms with Gasteiger partial charge in [-0.05, 0) is 79.4 Å². The van der Waals surface area contributed by atoms with Gasteiger partial charge in [-0.25, -0.2) is 8.78 Å². The summed E-state index contributed by atoms with van der Waals surface area (Å²) in [6.45, 7) is 3.11. The summed E-state index contributed by atoms with van der Waals surface area (Å²) in [5.41, 5.74) is -1.32. The molecule has 0 atom stereocenters. The molecule has 4 aromatic rings. The fraction of sp³-hybridized carbons (Fsp3) is 0.259. The molecule has 0 radical (unpaired) electrons. The van der Waals surface area contributed by atoms with Crippen LogP contribution in [-0.2, 0) is 18.7 Å². The van der Waals surface area contributed by atoms with Gasteiger partial charge in [0.2, 0.25) is 0 Å². The van der Waals surface area contributed by atoms with E-state index in [1.165, 1.54) is 36.4 Å². The third-order valence-corrected chi connectivity index (χ3v) is 6.08. The van der Waals surface area contributed by atoms with E-state index in [0.29, 0.717) is 24.9 Å². The normalized spacial score (nSPS) is 14.2. The van der Waals surface area contributed by atoms with Gasteiger partial charge in [0, 0.05) is 6.04 Å². The monoisotopic (exact) mass is 449 g/mol. The second-order valence-electron chi connectivity index (χ2n) is 8.65. The first kappa shape index (κ1) is 21.6. The highest BCUT2D eigenvalue weighted by Gasteiger charge is 2.38. The molecule has 0 unspecified atom stereocenters. The molecule has 0 saturated heterocycles. The summed E-state index contributed by atoms with van der Waals surface area (Å²) in [7, 11) is 0. The van der Waals surface area contributed by atoms with E-state index in [2.05, 4.69) is 4.90 Å². The zero-order valence-electron chi connectivity index (χ0n) is 18.3. The molecule has 0 amide bonds. The molecule has 5 rings (SSSR count). The van der Waals surface area contributed by atoms with Gasteiger partial charge in [-0.1, -0.05) is 24.3 Å².